The first-order valence-corrected chi connectivity index (χ1v) is 7.84. The van der Waals surface area contributed by atoms with Crippen molar-refractivity contribution in [2.75, 3.05) is 6.54 Å². The Kier molecular flexibility index (Phi) is 6.24. The van der Waals surface area contributed by atoms with Crippen LogP contribution in [0.4, 0.5) is 4.39 Å². The minimum absolute atomic E-state index is 0.0496. The molecule has 0 radical (unpaired) electrons. The predicted molar refractivity (Wildman–Crippen MR) is 91.1 cm³/mol. The van der Waals surface area contributed by atoms with Gasteiger partial charge in [-0.1, -0.05) is 12.1 Å². The Balaban J connectivity index is 0.000000196. The molecule has 0 spiro atoms. The van der Waals surface area contributed by atoms with Crippen LogP contribution >= 0.6 is 0 Å². The fourth-order valence-electron chi connectivity index (χ4n) is 2.02. The third-order valence-corrected chi connectivity index (χ3v) is 3.66. The molecule has 2 aromatic carbocycles. The molecule has 128 valence electrons. The van der Waals surface area contributed by atoms with Gasteiger partial charge in [-0.05, 0) is 55.2 Å². The molecule has 5 nitrogen and oxygen atoms in total. The third-order valence-electron chi connectivity index (χ3n) is 3.66. The molecule has 6 heteroatoms. The number of rotatable bonds is 4. The van der Waals surface area contributed by atoms with Crippen molar-refractivity contribution in [3.8, 4) is 6.07 Å². The van der Waals surface area contributed by atoms with E-state index in [4.69, 9.17) is 11.0 Å². The second-order valence-electron chi connectivity index (χ2n) is 5.69. The summed E-state index contributed by atoms with van der Waals surface area (Å²) >= 11 is 0. The molecule has 3 N–H and O–H groups in total. The van der Waals surface area contributed by atoms with E-state index in [1.165, 1.54) is 31.0 Å². The summed E-state index contributed by atoms with van der Waals surface area (Å²) < 4.78 is 12.5. The van der Waals surface area contributed by atoms with Crippen LogP contribution < -0.4 is 11.1 Å². The molecule has 1 aliphatic rings. The first kappa shape index (κ1) is 18.1. The standard InChI is InChI=1S/C12H12N2O.C7H6FNO/c13-7-9-3-5-11(6-4-9)12(15)14-8-10-1-2-10;8-6-4-2-1-3-5(6)7(9)10/h3-6,10H,1-2,8H2,(H,14,15);1-4H,(H2,9,10). The monoisotopic (exact) mass is 339 g/mol. The molecule has 0 unspecified atom stereocenters. The average Bonchev–Trinajstić information content (AvgIpc) is 3.45. The van der Waals surface area contributed by atoms with Crippen LogP contribution in [0.1, 0.15) is 39.1 Å². The lowest BCUT2D eigenvalue weighted by Gasteiger charge is -2.03. The maximum atomic E-state index is 12.5. The molecule has 2 amide bonds. The Hall–Kier alpha value is -3.20. The average molecular weight is 339 g/mol. The van der Waals surface area contributed by atoms with E-state index in [1.54, 1.807) is 30.3 Å². The van der Waals surface area contributed by atoms with Gasteiger partial charge in [0.1, 0.15) is 5.82 Å². The quantitative estimate of drug-likeness (QED) is 0.896. The number of nitrogens with two attached hydrogens (primary N) is 1. The molecule has 0 heterocycles. The highest BCUT2D eigenvalue weighted by Crippen LogP contribution is 2.27. The van der Waals surface area contributed by atoms with E-state index < -0.39 is 11.7 Å². The number of primary amides is 1. The van der Waals surface area contributed by atoms with Gasteiger partial charge in [-0.2, -0.15) is 5.26 Å². The number of hydrogen-bond donors (Lipinski definition) is 2. The lowest BCUT2D eigenvalue weighted by molar-refractivity contribution is 0.0950. The van der Waals surface area contributed by atoms with Gasteiger partial charge in [0.2, 0.25) is 0 Å². The second kappa shape index (κ2) is 8.60. The number of hydrogen-bond acceptors (Lipinski definition) is 3. The van der Waals surface area contributed by atoms with Crippen molar-refractivity contribution in [1.29, 1.82) is 5.26 Å². The summed E-state index contributed by atoms with van der Waals surface area (Å²) in [6.07, 6.45) is 2.46. The van der Waals surface area contributed by atoms with Crippen LogP contribution in [0.3, 0.4) is 0 Å². The highest BCUT2D eigenvalue weighted by molar-refractivity contribution is 5.94. The van der Waals surface area contributed by atoms with E-state index in [1.807, 2.05) is 6.07 Å². The molecule has 0 atom stereocenters. The zero-order valence-electron chi connectivity index (χ0n) is 13.5. The van der Waals surface area contributed by atoms with E-state index in [2.05, 4.69) is 5.32 Å². The summed E-state index contributed by atoms with van der Waals surface area (Å²) in [6, 6.07) is 14.3. The van der Waals surface area contributed by atoms with Crippen LogP contribution in [0.2, 0.25) is 0 Å². The Morgan fingerprint density at radius 2 is 1.80 bits per heavy atom. The highest BCUT2D eigenvalue weighted by atomic mass is 19.1. The Morgan fingerprint density at radius 3 is 2.28 bits per heavy atom. The van der Waals surface area contributed by atoms with Gasteiger partial charge in [-0.25, -0.2) is 4.39 Å². The second-order valence-corrected chi connectivity index (χ2v) is 5.69. The molecule has 3 rings (SSSR count). The number of amides is 2. The van der Waals surface area contributed by atoms with Crippen LogP contribution in [0, 0.1) is 23.1 Å². The first-order chi connectivity index (χ1) is 12.0. The lowest BCUT2D eigenvalue weighted by atomic mass is 10.1. The topological polar surface area (TPSA) is 96.0 Å². The Morgan fingerprint density at radius 1 is 1.16 bits per heavy atom. The third kappa shape index (κ3) is 5.74. The van der Waals surface area contributed by atoms with Crippen molar-refractivity contribution in [3.63, 3.8) is 0 Å². The largest absolute Gasteiger partial charge is 0.366 e. The van der Waals surface area contributed by atoms with Gasteiger partial charge in [0.15, 0.2) is 0 Å². The molecule has 25 heavy (non-hydrogen) atoms. The molecule has 0 bridgehead atoms. The van der Waals surface area contributed by atoms with E-state index in [-0.39, 0.29) is 11.5 Å². The summed E-state index contributed by atoms with van der Waals surface area (Å²) in [4.78, 5) is 22.0. The predicted octanol–water partition coefficient (Wildman–Crippen LogP) is 2.62. The van der Waals surface area contributed by atoms with Crippen molar-refractivity contribution in [1.82, 2.24) is 5.32 Å². The van der Waals surface area contributed by atoms with Crippen LogP contribution in [-0.2, 0) is 0 Å². The van der Waals surface area contributed by atoms with Gasteiger partial charge in [-0.15, -0.1) is 0 Å². The molecule has 2 aromatic rings. The van der Waals surface area contributed by atoms with Gasteiger partial charge in [-0.3, -0.25) is 9.59 Å². The number of nitrogens with one attached hydrogen (secondary N) is 1. The zero-order valence-corrected chi connectivity index (χ0v) is 13.5. The van der Waals surface area contributed by atoms with E-state index in [9.17, 15) is 14.0 Å². The Labute approximate surface area is 145 Å². The molecular weight excluding hydrogens is 321 g/mol. The van der Waals surface area contributed by atoms with Crippen LogP contribution in [0.5, 0.6) is 0 Å². The molecule has 0 aliphatic heterocycles. The minimum Gasteiger partial charge on any atom is -0.366 e. The van der Waals surface area contributed by atoms with Gasteiger partial charge < -0.3 is 11.1 Å². The van der Waals surface area contributed by atoms with Crippen molar-refractivity contribution in [2.45, 2.75) is 12.8 Å². The highest BCUT2D eigenvalue weighted by Gasteiger charge is 2.21. The van der Waals surface area contributed by atoms with Gasteiger partial charge >= 0.3 is 0 Å². The number of nitrogens with zero attached hydrogens (tertiary/aromatic N) is 1. The fraction of sp³-hybridized carbons (Fsp3) is 0.211. The zero-order chi connectivity index (χ0) is 18.2. The maximum absolute atomic E-state index is 12.5. The lowest BCUT2D eigenvalue weighted by Crippen LogP contribution is -2.25. The van der Waals surface area contributed by atoms with Crippen LogP contribution in [0.25, 0.3) is 0 Å². The van der Waals surface area contributed by atoms with E-state index in [0.29, 0.717) is 17.0 Å². The van der Waals surface area contributed by atoms with E-state index in [0.717, 1.165) is 6.54 Å². The molecule has 1 aliphatic carbocycles. The first-order valence-electron chi connectivity index (χ1n) is 7.84. The van der Waals surface area contributed by atoms with Crippen molar-refractivity contribution in [3.05, 3.63) is 71.0 Å². The van der Waals surface area contributed by atoms with Gasteiger partial charge in [0.05, 0.1) is 17.2 Å². The molecule has 1 saturated carbocycles. The van der Waals surface area contributed by atoms with Crippen LogP contribution in [-0.4, -0.2) is 18.4 Å². The molecule has 0 aromatic heterocycles. The SMILES string of the molecule is N#Cc1ccc(C(=O)NCC2CC2)cc1.NC(=O)c1ccccc1F. The summed E-state index contributed by atoms with van der Waals surface area (Å²) in [7, 11) is 0. The summed E-state index contributed by atoms with van der Waals surface area (Å²) in [5.41, 5.74) is 5.97. The van der Waals surface area contributed by atoms with Gasteiger partial charge in [0, 0.05) is 12.1 Å². The van der Waals surface area contributed by atoms with Crippen molar-refractivity contribution >= 4 is 11.8 Å². The molecule has 1 fully saturated rings. The summed E-state index contributed by atoms with van der Waals surface area (Å²) in [5.74, 6) is -0.674. The normalized spacial score (nSPS) is 12.3. The minimum atomic E-state index is -0.738. The Bertz CT molecular complexity index is 793. The summed E-state index contributed by atoms with van der Waals surface area (Å²) in [5, 5.41) is 11.5. The van der Waals surface area contributed by atoms with Crippen LogP contribution in [0.15, 0.2) is 48.5 Å². The van der Waals surface area contributed by atoms with Crippen molar-refractivity contribution in [2.24, 2.45) is 11.7 Å². The van der Waals surface area contributed by atoms with Crippen molar-refractivity contribution < 1.29 is 14.0 Å². The number of carbonyl (C=O) groups excluding carboxylic acids is 2. The smallest absolute Gasteiger partial charge is 0.251 e. The van der Waals surface area contributed by atoms with E-state index >= 15 is 0 Å². The van der Waals surface area contributed by atoms with Gasteiger partial charge in [0.25, 0.3) is 11.8 Å². The number of nitriles is 1. The molecular formula is C19H18FN3O2. The fourth-order valence-corrected chi connectivity index (χ4v) is 2.02. The summed E-state index contributed by atoms with van der Waals surface area (Å²) in [6.45, 7) is 0.777. The number of carbonyl (C=O) groups is 2. The molecule has 0 saturated heterocycles. The number of halogens is 1. The maximum Gasteiger partial charge on any atom is 0.251 e. The number of benzene rings is 2.